The average Bonchev–Trinajstić information content (AvgIpc) is 2.35. The van der Waals surface area contributed by atoms with E-state index in [0.717, 1.165) is 32.1 Å². The van der Waals surface area contributed by atoms with Crippen LogP contribution in [0.4, 0.5) is 14.6 Å². The summed E-state index contributed by atoms with van der Waals surface area (Å²) in [5.41, 5.74) is -0.651. The Labute approximate surface area is 115 Å². The number of anilines is 1. The predicted molar refractivity (Wildman–Crippen MR) is 68.2 cm³/mol. The molecular weight excluding hydrogens is 266 g/mol. The summed E-state index contributed by atoms with van der Waals surface area (Å²) >= 11 is 0. The van der Waals surface area contributed by atoms with Crippen LogP contribution in [-0.4, -0.2) is 41.8 Å². The normalized spacial score (nSPS) is 15.4. The lowest BCUT2D eigenvalue weighted by atomic mass is 10.1. The molecule has 5 nitrogen and oxygen atoms in total. The SMILES string of the molecule is N#CCCCN1CC(Nc2cc(F)c(C=O)c(F)n2)C1. The van der Waals surface area contributed by atoms with Crippen LogP contribution in [0.25, 0.3) is 0 Å². The topological polar surface area (TPSA) is 69.0 Å². The van der Waals surface area contributed by atoms with Gasteiger partial charge in [0.1, 0.15) is 17.2 Å². The summed E-state index contributed by atoms with van der Waals surface area (Å²) < 4.78 is 26.7. The molecule has 1 aliphatic rings. The van der Waals surface area contributed by atoms with Crippen LogP contribution in [0.15, 0.2) is 6.07 Å². The van der Waals surface area contributed by atoms with Crippen LogP contribution in [0.1, 0.15) is 23.2 Å². The summed E-state index contributed by atoms with van der Waals surface area (Å²) in [4.78, 5) is 16.1. The molecular formula is C13H14F2N4O. The molecule has 1 aromatic rings. The number of hydrogen-bond acceptors (Lipinski definition) is 5. The number of aromatic nitrogens is 1. The van der Waals surface area contributed by atoms with E-state index >= 15 is 0 Å². The number of pyridine rings is 1. The van der Waals surface area contributed by atoms with Crippen molar-refractivity contribution in [3.05, 3.63) is 23.4 Å². The molecule has 1 saturated heterocycles. The van der Waals surface area contributed by atoms with Crippen LogP contribution in [0.3, 0.4) is 0 Å². The first-order valence-electron chi connectivity index (χ1n) is 6.31. The molecule has 7 heteroatoms. The van der Waals surface area contributed by atoms with Gasteiger partial charge < -0.3 is 5.32 Å². The predicted octanol–water partition coefficient (Wildman–Crippen LogP) is 1.57. The molecule has 20 heavy (non-hydrogen) atoms. The largest absolute Gasteiger partial charge is 0.365 e. The van der Waals surface area contributed by atoms with E-state index in [1.807, 2.05) is 0 Å². The molecule has 0 radical (unpaired) electrons. The molecule has 0 aliphatic carbocycles. The van der Waals surface area contributed by atoms with Crippen LogP contribution in [-0.2, 0) is 0 Å². The summed E-state index contributed by atoms with van der Waals surface area (Å²) in [6, 6.07) is 3.17. The van der Waals surface area contributed by atoms with Crippen molar-refractivity contribution in [2.24, 2.45) is 0 Å². The number of nitrogens with one attached hydrogen (secondary N) is 1. The zero-order valence-corrected chi connectivity index (χ0v) is 10.8. The van der Waals surface area contributed by atoms with Crippen LogP contribution in [0.2, 0.25) is 0 Å². The van der Waals surface area contributed by atoms with Gasteiger partial charge in [-0.1, -0.05) is 0 Å². The molecule has 0 atom stereocenters. The first kappa shape index (κ1) is 14.3. The highest BCUT2D eigenvalue weighted by Gasteiger charge is 2.26. The summed E-state index contributed by atoms with van der Waals surface area (Å²) in [6.45, 7) is 2.32. The number of unbranched alkanes of at least 4 members (excludes halogenated alkanes) is 1. The lowest BCUT2D eigenvalue weighted by molar-refractivity contribution is 0.111. The van der Waals surface area contributed by atoms with Crippen molar-refractivity contribution in [3.63, 3.8) is 0 Å². The van der Waals surface area contributed by atoms with Crippen LogP contribution in [0.5, 0.6) is 0 Å². The number of nitriles is 1. The van der Waals surface area contributed by atoms with Crippen molar-refractivity contribution >= 4 is 12.1 Å². The molecule has 1 aromatic heterocycles. The van der Waals surface area contributed by atoms with Crippen molar-refractivity contribution in [1.82, 2.24) is 9.88 Å². The van der Waals surface area contributed by atoms with Gasteiger partial charge in [0.25, 0.3) is 0 Å². The third-order valence-electron chi connectivity index (χ3n) is 3.15. The van der Waals surface area contributed by atoms with Crippen LogP contribution >= 0.6 is 0 Å². The number of likely N-dealkylation sites (tertiary alicyclic amines) is 1. The Bertz CT molecular complexity index is 515. The Kier molecular flexibility index (Phi) is 4.58. The zero-order chi connectivity index (χ0) is 14.5. The molecule has 0 bridgehead atoms. The first-order valence-corrected chi connectivity index (χ1v) is 6.31. The Morgan fingerprint density at radius 3 is 2.90 bits per heavy atom. The second-order valence-corrected chi connectivity index (χ2v) is 4.67. The molecule has 0 spiro atoms. The number of carbonyl (C=O) groups excluding carboxylic acids is 1. The third kappa shape index (κ3) is 3.27. The van der Waals surface area contributed by atoms with Crippen molar-refractivity contribution in [2.45, 2.75) is 18.9 Å². The Morgan fingerprint density at radius 1 is 1.55 bits per heavy atom. The Hall–Kier alpha value is -2.07. The van der Waals surface area contributed by atoms with E-state index in [2.05, 4.69) is 21.3 Å². The average molecular weight is 280 g/mol. The van der Waals surface area contributed by atoms with Crippen molar-refractivity contribution < 1.29 is 13.6 Å². The van der Waals surface area contributed by atoms with Gasteiger partial charge in [0, 0.05) is 25.6 Å². The third-order valence-corrected chi connectivity index (χ3v) is 3.15. The maximum Gasteiger partial charge on any atom is 0.228 e. The molecule has 1 aliphatic heterocycles. The minimum atomic E-state index is -1.10. The zero-order valence-electron chi connectivity index (χ0n) is 10.8. The van der Waals surface area contributed by atoms with Crippen LogP contribution < -0.4 is 5.32 Å². The van der Waals surface area contributed by atoms with Gasteiger partial charge in [-0.25, -0.2) is 9.37 Å². The van der Waals surface area contributed by atoms with E-state index in [9.17, 15) is 13.6 Å². The molecule has 0 unspecified atom stereocenters. The molecule has 0 amide bonds. The van der Waals surface area contributed by atoms with E-state index in [1.165, 1.54) is 0 Å². The summed E-state index contributed by atoms with van der Waals surface area (Å²) in [5.74, 6) is -1.93. The van der Waals surface area contributed by atoms with Gasteiger partial charge in [-0.15, -0.1) is 0 Å². The van der Waals surface area contributed by atoms with Crippen molar-refractivity contribution in [1.29, 1.82) is 5.26 Å². The lowest BCUT2D eigenvalue weighted by Gasteiger charge is -2.39. The number of hydrogen-bond donors (Lipinski definition) is 1. The number of nitrogens with zero attached hydrogens (tertiary/aromatic N) is 3. The molecule has 1 fully saturated rings. The van der Waals surface area contributed by atoms with Crippen molar-refractivity contribution in [2.75, 3.05) is 25.0 Å². The van der Waals surface area contributed by atoms with E-state index in [4.69, 9.17) is 5.26 Å². The molecule has 106 valence electrons. The fourth-order valence-electron chi connectivity index (χ4n) is 2.11. The highest BCUT2D eigenvalue weighted by molar-refractivity contribution is 5.75. The summed E-state index contributed by atoms with van der Waals surface area (Å²) in [6.07, 6.45) is 1.46. The van der Waals surface area contributed by atoms with E-state index in [-0.39, 0.29) is 18.1 Å². The van der Waals surface area contributed by atoms with Crippen LogP contribution in [0, 0.1) is 23.1 Å². The number of halogens is 2. The molecule has 2 heterocycles. The summed E-state index contributed by atoms with van der Waals surface area (Å²) in [7, 11) is 0. The molecule has 1 N–H and O–H groups in total. The quantitative estimate of drug-likeness (QED) is 0.486. The number of carbonyl (C=O) groups is 1. The van der Waals surface area contributed by atoms with Gasteiger partial charge in [0.15, 0.2) is 6.29 Å². The number of aldehydes is 1. The van der Waals surface area contributed by atoms with E-state index in [1.54, 1.807) is 0 Å². The molecule has 2 rings (SSSR count). The standard InChI is InChI=1S/C13H14F2N4O/c14-11-5-12(18-13(15)10(11)8-20)17-9-6-19(7-9)4-2-1-3-16/h5,8-9H,1-2,4,6-7H2,(H,17,18). The lowest BCUT2D eigenvalue weighted by Crippen LogP contribution is -2.54. The second kappa shape index (κ2) is 6.39. The van der Waals surface area contributed by atoms with E-state index in [0.29, 0.717) is 6.42 Å². The highest BCUT2D eigenvalue weighted by atomic mass is 19.1. The smallest absolute Gasteiger partial charge is 0.228 e. The van der Waals surface area contributed by atoms with Gasteiger partial charge in [0.2, 0.25) is 5.95 Å². The first-order chi connectivity index (χ1) is 9.63. The minimum Gasteiger partial charge on any atom is -0.365 e. The highest BCUT2D eigenvalue weighted by Crippen LogP contribution is 2.17. The maximum absolute atomic E-state index is 13.4. The Morgan fingerprint density at radius 2 is 2.30 bits per heavy atom. The van der Waals surface area contributed by atoms with Gasteiger partial charge in [0.05, 0.1) is 12.1 Å². The van der Waals surface area contributed by atoms with Crippen molar-refractivity contribution in [3.8, 4) is 6.07 Å². The van der Waals surface area contributed by atoms with Gasteiger partial charge in [-0.2, -0.15) is 9.65 Å². The second-order valence-electron chi connectivity index (χ2n) is 4.67. The molecule has 0 aromatic carbocycles. The fourth-order valence-corrected chi connectivity index (χ4v) is 2.11. The summed E-state index contributed by atoms with van der Waals surface area (Å²) in [5, 5.41) is 11.3. The molecule has 0 saturated carbocycles. The van der Waals surface area contributed by atoms with E-state index < -0.39 is 17.3 Å². The maximum atomic E-state index is 13.4. The van der Waals surface area contributed by atoms with Gasteiger partial charge in [-0.3, -0.25) is 9.69 Å². The number of rotatable bonds is 6. The minimum absolute atomic E-state index is 0.0745. The van der Waals surface area contributed by atoms with Gasteiger partial charge >= 0.3 is 0 Å². The van der Waals surface area contributed by atoms with Gasteiger partial charge in [-0.05, 0) is 13.0 Å². The monoisotopic (exact) mass is 280 g/mol. The Balaban J connectivity index is 1.84. The fraction of sp³-hybridized carbons (Fsp3) is 0.462.